The number of aliphatic hydroxyl groups is 1. The van der Waals surface area contributed by atoms with Crippen LogP contribution in [-0.4, -0.2) is 55.5 Å². The van der Waals surface area contributed by atoms with Crippen LogP contribution in [0.2, 0.25) is 0 Å². The van der Waals surface area contributed by atoms with Crippen LogP contribution in [0, 0.1) is 0 Å². The van der Waals surface area contributed by atoms with Gasteiger partial charge in [-0.25, -0.2) is 0 Å². The molecular weight excluding hydrogens is 310 g/mol. The summed E-state index contributed by atoms with van der Waals surface area (Å²) in [7, 11) is 3.25. The van der Waals surface area contributed by atoms with E-state index in [1.165, 1.54) is 5.56 Å². The van der Waals surface area contributed by atoms with E-state index in [1.54, 1.807) is 21.1 Å². The van der Waals surface area contributed by atoms with Crippen LogP contribution in [0.4, 0.5) is 0 Å². The second-order valence-corrected chi connectivity index (χ2v) is 6.25. The predicted molar refractivity (Wildman–Crippen MR) is 88.4 cm³/mol. The van der Waals surface area contributed by atoms with Crippen molar-refractivity contribution in [1.29, 1.82) is 0 Å². The molecule has 2 aliphatic heterocycles. The number of hydrogen-bond acceptors (Lipinski definition) is 6. The van der Waals surface area contributed by atoms with Crippen molar-refractivity contribution in [2.75, 3.05) is 27.4 Å². The highest BCUT2D eigenvalue weighted by Crippen LogP contribution is 2.43. The molecule has 0 saturated carbocycles. The number of piperidine rings is 1. The molecule has 0 aromatic heterocycles. The van der Waals surface area contributed by atoms with Gasteiger partial charge in [-0.2, -0.15) is 0 Å². The molecule has 3 rings (SSSR count). The Morgan fingerprint density at radius 2 is 1.96 bits per heavy atom. The van der Waals surface area contributed by atoms with Crippen LogP contribution in [0.25, 0.3) is 0 Å². The van der Waals surface area contributed by atoms with Crippen LogP contribution in [0.1, 0.15) is 36.9 Å². The molecule has 0 spiro atoms. The van der Waals surface area contributed by atoms with Gasteiger partial charge in [0, 0.05) is 12.6 Å². The summed E-state index contributed by atoms with van der Waals surface area (Å²) in [6, 6.07) is 3.53. The number of hydrogen-bond donors (Lipinski definition) is 1. The topological polar surface area (TPSA) is 68.2 Å². The van der Waals surface area contributed by atoms with Crippen LogP contribution in [0.3, 0.4) is 0 Å². The second-order valence-electron chi connectivity index (χ2n) is 6.25. The number of nitrogens with zero attached hydrogens (tertiary/aromatic N) is 1. The Hall–Kier alpha value is -1.79. The first kappa shape index (κ1) is 17.0. The molecule has 0 aliphatic carbocycles. The first-order valence-corrected chi connectivity index (χ1v) is 8.46. The maximum Gasteiger partial charge on any atom is 0.326 e. The van der Waals surface area contributed by atoms with Crippen LogP contribution in [-0.2, 0) is 16.0 Å². The molecule has 2 aliphatic rings. The van der Waals surface area contributed by atoms with Gasteiger partial charge in [-0.15, -0.1) is 0 Å². The number of methoxy groups -OCH3 is 2. The van der Waals surface area contributed by atoms with Gasteiger partial charge in [-0.05, 0) is 49.4 Å². The van der Waals surface area contributed by atoms with Gasteiger partial charge < -0.3 is 19.3 Å². The van der Waals surface area contributed by atoms with Crippen molar-refractivity contribution in [2.45, 2.75) is 44.4 Å². The van der Waals surface area contributed by atoms with E-state index in [2.05, 4.69) is 4.90 Å². The molecule has 132 valence electrons. The van der Waals surface area contributed by atoms with Gasteiger partial charge in [0.05, 0.1) is 26.9 Å². The number of fused-ring (bicyclic) bond motifs is 3. The van der Waals surface area contributed by atoms with Crippen molar-refractivity contribution >= 4 is 5.97 Å². The molecular formula is C18H25NO5. The van der Waals surface area contributed by atoms with Crippen molar-refractivity contribution in [3.05, 3.63) is 23.3 Å². The van der Waals surface area contributed by atoms with Crippen molar-refractivity contribution in [3.63, 3.8) is 0 Å². The van der Waals surface area contributed by atoms with Gasteiger partial charge in [-0.1, -0.05) is 0 Å². The second kappa shape index (κ2) is 6.99. The van der Waals surface area contributed by atoms with E-state index in [9.17, 15) is 9.90 Å². The zero-order chi connectivity index (χ0) is 17.3. The van der Waals surface area contributed by atoms with E-state index in [4.69, 9.17) is 14.2 Å². The summed E-state index contributed by atoms with van der Waals surface area (Å²) in [4.78, 5) is 14.4. The van der Waals surface area contributed by atoms with Crippen LogP contribution < -0.4 is 9.47 Å². The predicted octanol–water partition coefficient (Wildman–Crippen LogP) is 1.69. The lowest BCUT2D eigenvalue weighted by Gasteiger charge is -2.46. The van der Waals surface area contributed by atoms with Crippen molar-refractivity contribution < 1.29 is 24.1 Å². The van der Waals surface area contributed by atoms with Crippen LogP contribution in [0.15, 0.2) is 12.1 Å². The third-order valence-electron chi connectivity index (χ3n) is 5.03. The Balaban J connectivity index is 1.96. The van der Waals surface area contributed by atoms with Crippen LogP contribution >= 0.6 is 0 Å². The maximum absolute atomic E-state index is 12.3. The lowest BCUT2D eigenvalue weighted by molar-refractivity contribution is -0.159. The third kappa shape index (κ3) is 2.84. The van der Waals surface area contributed by atoms with Gasteiger partial charge >= 0.3 is 5.97 Å². The molecule has 0 radical (unpaired) electrons. The van der Waals surface area contributed by atoms with Crippen molar-refractivity contribution in [3.8, 4) is 11.5 Å². The third-order valence-corrected chi connectivity index (χ3v) is 5.03. The highest BCUT2D eigenvalue weighted by atomic mass is 16.5. The molecule has 0 bridgehead atoms. The lowest BCUT2D eigenvalue weighted by Crippen LogP contribution is -2.56. The van der Waals surface area contributed by atoms with E-state index in [1.807, 2.05) is 12.1 Å². The monoisotopic (exact) mass is 335 g/mol. The fourth-order valence-corrected chi connectivity index (χ4v) is 3.93. The standard InChI is InChI=1S/C18H25NO5/c1-4-24-18(21)17-14(20)6-5-13-12-10-16(23-3)15(22-2)9-11(12)7-8-19(13)17/h9-10,13-14,17,20H,4-8H2,1-3H3/t13-,14+,17+/m0/s1. The van der Waals surface area contributed by atoms with E-state index in [0.717, 1.165) is 24.2 Å². The summed E-state index contributed by atoms with van der Waals surface area (Å²) < 4.78 is 16.0. The van der Waals surface area contributed by atoms with E-state index >= 15 is 0 Å². The molecule has 1 fully saturated rings. The molecule has 1 aromatic rings. The fraction of sp³-hybridized carbons (Fsp3) is 0.611. The molecule has 0 unspecified atom stereocenters. The molecule has 6 nitrogen and oxygen atoms in total. The van der Waals surface area contributed by atoms with Gasteiger partial charge in [0.2, 0.25) is 0 Å². The Morgan fingerprint density at radius 1 is 1.25 bits per heavy atom. The minimum Gasteiger partial charge on any atom is -0.493 e. The Labute approximate surface area is 142 Å². The zero-order valence-electron chi connectivity index (χ0n) is 14.4. The average molecular weight is 335 g/mol. The minimum atomic E-state index is -0.679. The van der Waals surface area contributed by atoms with Gasteiger partial charge in [0.1, 0.15) is 6.04 Å². The summed E-state index contributed by atoms with van der Waals surface area (Å²) >= 11 is 0. The Kier molecular flexibility index (Phi) is 4.96. The Morgan fingerprint density at radius 3 is 2.62 bits per heavy atom. The molecule has 6 heteroatoms. The summed E-state index contributed by atoms with van der Waals surface area (Å²) in [5.41, 5.74) is 2.37. The maximum atomic E-state index is 12.3. The molecule has 1 saturated heterocycles. The molecule has 0 amide bonds. The van der Waals surface area contributed by atoms with Crippen molar-refractivity contribution in [2.24, 2.45) is 0 Å². The molecule has 24 heavy (non-hydrogen) atoms. The highest BCUT2D eigenvalue weighted by Gasteiger charge is 2.44. The molecule has 3 atom stereocenters. The molecule has 1 aromatic carbocycles. The summed E-state index contributed by atoms with van der Waals surface area (Å²) in [6.45, 7) is 2.82. The highest BCUT2D eigenvalue weighted by molar-refractivity contribution is 5.77. The normalized spacial score (nSPS) is 26.2. The quantitative estimate of drug-likeness (QED) is 0.845. The van der Waals surface area contributed by atoms with E-state index in [-0.39, 0.29) is 12.0 Å². The first-order valence-electron chi connectivity index (χ1n) is 8.46. The lowest BCUT2D eigenvalue weighted by atomic mass is 9.82. The number of benzene rings is 1. The zero-order valence-corrected chi connectivity index (χ0v) is 14.4. The van der Waals surface area contributed by atoms with Gasteiger partial charge in [0.15, 0.2) is 11.5 Å². The summed E-state index contributed by atoms with van der Waals surface area (Å²) in [6.07, 6.45) is 1.51. The fourth-order valence-electron chi connectivity index (χ4n) is 3.93. The number of esters is 1. The first-order chi connectivity index (χ1) is 11.6. The van der Waals surface area contributed by atoms with Gasteiger partial charge in [-0.3, -0.25) is 9.69 Å². The summed E-state index contributed by atoms with van der Waals surface area (Å²) in [5, 5.41) is 10.3. The number of carbonyl (C=O) groups is 1. The number of aliphatic hydroxyl groups excluding tert-OH is 1. The molecule has 2 heterocycles. The number of carbonyl (C=O) groups excluding carboxylic acids is 1. The largest absolute Gasteiger partial charge is 0.493 e. The smallest absolute Gasteiger partial charge is 0.326 e. The SMILES string of the molecule is CCOC(=O)[C@H]1[C@H](O)CC[C@H]2c3cc(OC)c(OC)cc3CCN21. The Bertz CT molecular complexity index is 618. The number of rotatable bonds is 4. The van der Waals surface area contributed by atoms with Crippen LogP contribution in [0.5, 0.6) is 11.5 Å². The van der Waals surface area contributed by atoms with E-state index in [0.29, 0.717) is 25.3 Å². The number of ether oxygens (including phenoxy) is 3. The van der Waals surface area contributed by atoms with Crippen molar-refractivity contribution in [1.82, 2.24) is 4.90 Å². The average Bonchev–Trinajstić information content (AvgIpc) is 2.59. The summed E-state index contributed by atoms with van der Waals surface area (Å²) in [5.74, 6) is 1.08. The molecule has 1 N–H and O–H groups in total. The van der Waals surface area contributed by atoms with Gasteiger partial charge in [0.25, 0.3) is 0 Å². The minimum absolute atomic E-state index is 0.0892. The van der Waals surface area contributed by atoms with E-state index < -0.39 is 12.1 Å².